The first-order valence-corrected chi connectivity index (χ1v) is 20.0. The van der Waals surface area contributed by atoms with Crippen molar-refractivity contribution in [1.29, 1.82) is 0 Å². The summed E-state index contributed by atoms with van der Waals surface area (Å²) in [6.45, 7) is 8.17. The molecular weight excluding hydrogens is 666 g/mol. The van der Waals surface area contributed by atoms with Crippen molar-refractivity contribution in [2.45, 2.75) is 153 Å². The molecule has 0 N–H and O–H groups in total. The van der Waals surface area contributed by atoms with E-state index in [1.165, 1.54) is 0 Å². The predicted molar refractivity (Wildman–Crippen MR) is 194 cm³/mol. The Morgan fingerprint density at radius 2 is 1.58 bits per heavy atom. The number of ketones is 1. The summed E-state index contributed by atoms with van der Waals surface area (Å²) in [6.07, 6.45) is 10.8. The van der Waals surface area contributed by atoms with E-state index in [9.17, 15) is 9.59 Å². The van der Waals surface area contributed by atoms with Crippen LogP contribution in [0.4, 0.5) is 0 Å². The van der Waals surface area contributed by atoms with Crippen LogP contribution in [-0.4, -0.2) is 120 Å². The number of fused-ring (bicyclic) bond motifs is 5. The van der Waals surface area contributed by atoms with Crippen LogP contribution in [0.3, 0.4) is 0 Å². The van der Waals surface area contributed by atoms with E-state index in [0.717, 1.165) is 50.5 Å². The van der Waals surface area contributed by atoms with E-state index in [1.807, 2.05) is 13.8 Å². The van der Waals surface area contributed by atoms with E-state index in [1.54, 1.807) is 21.3 Å². The van der Waals surface area contributed by atoms with E-state index in [0.29, 0.717) is 18.4 Å². The van der Waals surface area contributed by atoms with Crippen LogP contribution in [0.1, 0.15) is 85.5 Å². The highest BCUT2D eigenvalue weighted by Crippen LogP contribution is 2.54. The molecule has 6 rings (SSSR count). The Kier molecular flexibility index (Phi) is 13.4. The van der Waals surface area contributed by atoms with Gasteiger partial charge in [0.05, 0.1) is 30.8 Å². The number of hydrogen-bond acceptors (Lipinski definition) is 11. The standard InChI is InChI=1S/C41H65NO10/c1-10-26-12-11-13-34(52-36-17-16-33(42(5)6)23(3)48-36)22(2)37(44)32-20-30-28(31(32)21-35(43)50-26)15-14-25-18-27(19-29(25)30)51-41-40(47-9)39(46-8)38(45-7)24(4)49-41/h14-15,20,22-31,33-34,36,38-41H,10-13,16-19,21H2,1-9H3/t22?,23-,24+,25-,26?,27-,28-,29-,30-,31+,33?,34+,36+,38+,39-,40-,41+/m1/s1. The van der Waals surface area contributed by atoms with E-state index in [-0.39, 0.29) is 96.8 Å². The lowest BCUT2D eigenvalue weighted by Crippen LogP contribution is -2.59. The van der Waals surface area contributed by atoms with Gasteiger partial charge < -0.3 is 42.8 Å². The minimum atomic E-state index is -0.594. The lowest BCUT2D eigenvalue weighted by molar-refractivity contribution is -0.314. The quantitative estimate of drug-likeness (QED) is 0.222. The minimum Gasteiger partial charge on any atom is -0.462 e. The number of likely N-dealkylation sites (N-methyl/N-ethyl adjacent to an activating group) is 1. The van der Waals surface area contributed by atoms with Gasteiger partial charge in [-0.3, -0.25) is 9.59 Å². The number of cyclic esters (lactones) is 1. The molecule has 11 heteroatoms. The molecule has 4 fully saturated rings. The summed E-state index contributed by atoms with van der Waals surface area (Å²) in [4.78, 5) is 30.4. The maximum atomic E-state index is 14.7. The van der Waals surface area contributed by atoms with E-state index < -0.39 is 12.4 Å². The summed E-state index contributed by atoms with van der Waals surface area (Å²) >= 11 is 0. The smallest absolute Gasteiger partial charge is 0.306 e. The molecule has 3 aliphatic heterocycles. The van der Waals surface area contributed by atoms with Gasteiger partial charge in [0.25, 0.3) is 0 Å². The van der Waals surface area contributed by atoms with Crippen LogP contribution in [-0.2, 0) is 47.5 Å². The molecule has 11 nitrogen and oxygen atoms in total. The van der Waals surface area contributed by atoms with Crippen molar-refractivity contribution in [3.8, 4) is 0 Å². The van der Waals surface area contributed by atoms with Crippen molar-refractivity contribution >= 4 is 11.8 Å². The highest BCUT2D eigenvalue weighted by atomic mass is 16.7. The molecule has 3 aliphatic carbocycles. The van der Waals surface area contributed by atoms with E-state index >= 15 is 0 Å². The van der Waals surface area contributed by atoms with Crippen LogP contribution < -0.4 is 0 Å². The average Bonchev–Trinajstić information content (AvgIpc) is 3.70. The Morgan fingerprint density at radius 3 is 2.25 bits per heavy atom. The molecule has 0 aromatic rings. The molecule has 3 heterocycles. The van der Waals surface area contributed by atoms with Crippen molar-refractivity contribution in [3.63, 3.8) is 0 Å². The monoisotopic (exact) mass is 731 g/mol. The molecule has 52 heavy (non-hydrogen) atoms. The Morgan fingerprint density at radius 1 is 0.827 bits per heavy atom. The summed E-state index contributed by atoms with van der Waals surface area (Å²) in [5, 5.41) is 0. The number of esters is 1. The third-order valence-electron chi connectivity index (χ3n) is 13.3. The summed E-state index contributed by atoms with van der Waals surface area (Å²) in [5.74, 6) is 0.0198. The topological polar surface area (TPSA) is 111 Å². The number of rotatable bonds is 9. The second-order valence-corrected chi connectivity index (χ2v) is 16.5. The zero-order valence-electron chi connectivity index (χ0n) is 32.9. The number of hydrogen-bond donors (Lipinski definition) is 0. The number of nitrogens with zero attached hydrogens (tertiary/aromatic N) is 1. The lowest BCUT2D eigenvalue weighted by Gasteiger charge is -2.44. The van der Waals surface area contributed by atoms with Crippen LogP contribution in [0.25, 0.3) is 0 Å². The maximum absolute atomic E-state index is 14.7. The number of carbonyl (C=O) groups is 2. The van der Waals surface area contributed by atoms with E-state index in [2.05, 4.69) is 51.1 Å². The van der Waals surface area contributed by atoms with Gasteiger partial charge in [0.2, 0.25) is 0 Å². The first-order chi connectivity index (χ1) is 25.0. The SMILES string of the molecule is CCC1CCC[C@H](O[C@H]2CCC(N(C)C)[C@@H](C)O2)C(C)C(=O)C2=C[C@@H]3[C@@H](C=C[C@@H]4C[C@@H](O[C@@H]5O[C@@H](C)[C@H](OC)[C@@H](OC)[C@H]5OC)C[C@@H]34)[C@@H]2CC(=O)O1. The van der Waals surface area contributed by atoms with Gasteiger partial charge in [-0.15, -0.1) is 0 Å². The fraction of sp³-hybridized carbons (Fsp3) is 0.854. The van der Waals surface area contributed by atoms with Gasteiger partial charge in [0, 0.05) is 39.2 Å². The van der Waals surface area contributed by atoms with Crippen LogP contribution in [0, 0.1) is 35.5 Å². The number of allylic oxidation sites excluding steroid dienone is 4. The molecule has 0 spiro atoms. The fourth-order valence-electron chi connectivity index (χ4n) is 10.4. The lowest BCUT2D eigenvalue weighted by atomic mass is 9.70. The van der Waals surface area contributed by atoms with Crippen molar-refractivity contribution in [1.82, 2.24) is 4.90 Å². The normalized spacial score (nSPS) is 45.7. The minimum absolute atomic E-state index is 0.0380. The molecule has 3 saturated heterocycles. The highest BCUT2D eigenvalue weighted by Gasteiger charge is 2.52. The molecule has 0 aromatic carbocycles. The first-order valence-electron chi connectivity index (χ1n) is 20.0. The van der Waals surface area contributed by atoms with Crippen molar-refractivity contribution in [3.05, 3.63) is 23.8 Å². The number of methoxy groups -OCH3 is 3. The van der Waals surface area contributed by atoms with Crippen LogP contribution in [0.5, 0.6) is 0 Å². The van der Waals surface area contributed by atoms with Crippen LogP contribution >= 0.6 is 0 Å². The molecule has 6 aliphatic rings. The molecule has 1 saturated carbocycles. The zero-order valence-corrected chi connectivity index (χ0v) is 32.9. The molecule has 0 aromatic heterocycles. The summed E-state index contributed by atoms with van der Waals surface area (Å²) in [7, 11) is 9.15. The third-order valence-corrected chi connectivity index (χ3v) is 13.3. The van der Waals surface area contributed by atoms with Gasteiger partial charge in [-0.05, 0) is 109 Å². The highest BCUT2D eigenvalue weighted by molar-refractivity contribution is 5.99. The van der Waals surface area contributed by atoms with Gasteiger partial charge in [0.15, 0.2) is 18.4 Å². The van der Waals surface area contributed by atoms with E-state index in [4.69, 9.17) is 37.9 Å². The second kappa shape index (κ2) is 17.4. The van der Waals surface area contributed by atoms with Gasteiger partial charge >= 0.3 is 5.97 Å². The third kappa shape index (κ3) is 8.27. The molecule has 294 valence electrons. The number of Topliss-reactive ketones (excluding diaryl/α,β-unsaturated/α-hetero) is 1. The molecular formula is C41H65NO10. The first kappa shape index (κ1) is 40.0. The van der Waals surface area contributed by atoms with Crippen LogP contribution in [0.2, 0.25) is 0 Å². The Balaban J connectivity index is 1.20. The molecule has 3 unspecified atom stereocenters. The Bertz CT molecular complexity index is 1290. The summed E-state index contributed by atoms with van der Waals surface area (Å²) < 4.78 is 49.5. The fourth-order valence-corrected chi connectivity index (χ4v) is 10.4. The molecule has 17 atom stereocenters. The zero-order chi connectivity index (χ0) is 37.3. The van der Waals surface area contributed by atoms with Crippen LogP contribution in [0.15, 0.2) is 23.8 Å². The van der Waals surface area contributed by atoms with Gasteiger partial charge in [-0.2, -0.15) is 0 Å². The van der Waals surface area contributed by atoms with Gasteiger partial charge in [-0.25, -0.2) is 0 Å². The molecule has 0 radical (unpaired) electrons. The molecule has 0 bridgehead atoms. The number of carbonyl (C=O) groups excluding carboxylic acids is 2. The largest absolute Gasteiger partial charge is 0.462 e. The van der Waals surface area contributed by atoms with Gasteiger partial charge in [0.1, 0.15) is 24.4 Å². The number of ether oxygens (including phenoxy) is 8. The summed E-state index contributed by atoms with van der Waals surface area (Å²) in [6, 6.07) is 0.339. The molecule has 0 amide bonds. The van der Waals surface area contributed by atoms with Crippen molar-refractivity contribution in [2.75, 3.05) is 35.4 Å². The second-order valence-electron chi connectivity index (χ2n) is 16.5. The Labute approximate surface area is 311 Å². The maximum Gasteiger partial charge on any atom is 0.306 e. The Hall–Kier alpha value is -1.70. The van der Waals surface area contributed by atoms with Crippen molar-refractivity contribution < 1.29 is 47.5 Å². The predicted octanol–water partition coefficient (Wildman–Crippen LogP) is 5.49. The van der Waals surface area contributed by atoms with Gasteiger partial charge in [-0.1, -0.05) is 32.1 Å². The average molecular weight is 732 g/mol. The summed E-state index contributed by atoms with van der Waals surface area (Å²) in [5.41, 5.74) is 0.763. The van der Waals surface area contributed by atoms with Crippen molar-refractivity contribution in [2.24, 2.45) is 35.5 Å².